The Morgan fingerprint density at radius 1 is 1.24 bits per heavy atom. The Morgan fingerprint density at radius 3 is 2.76 bits per heavy atom. The minimum absolute atomic E-state index is 0.413. The Morgan fingerprint density at radius 2 is 2.00 bits per heavy atom. The summed E-state index contributed by atoms with van der Waals surface area (Å²) >= 11 is 1.79. The van der Waals surface area contributed by atoms with Crippen LogP contribution >= 0.6 is 11.3 Å². The normalized spacial score (nSPS) is 17.9. The largest absolute Gasteiger partial charge is 0.314 e. The molecule has 4 heteroatoms. The van der Waals surface area contributed by atoms with Gasteiger partial charge in [0.05, 0.1) is 11.7 Å². The van der Waals surface area contributed by atoms with Gasteiger partial charge in [-0.05, 0) is 32.4 Å². The van der Waals surface area contributed by atoms with Crippen LogP contribution in [0.1, 0.15) is 29.1 Å². The zero-order valence-corrected chi connectivity index (χ0v) is 13.8. The maximum Gasteiger partial charge on any atom is 0.110 e. The summed E-state index contributed by atoms with van der Waals surface area (Å²) in [7, 11) is 0. The van der Waals surface area contributed by atoms with Gasteiger partial charge in [0.1, 0.15) is 5.01 Å². The van der Waals surface area contributed by atoms with Crippen LogP contribution in [-0.4, -0.2) is 36.1 Å². The highest BCUT2D eigenvalue weighted by Crippen LogP contribution is 2.30. The van der Waals surface area contributed by atoms with E-state index >= 15 is 0 Å². The van der Waals surface area contributed by atoms with Gasteiger partial charge < -0.3 is 5.32 Å². The molecule has 1 N–H and O–H groups in total. The van der Waals surface area contributed by atoms with Crippen LogP contribution in [0.15, 0.2) is 23.6 Å². The van der Waals surface area contributed by atoms with Crippen LogP contribution in [0, 0.1) is 13.8 Å². The van der Waals surface area contributed by atoms with Crippen molar-refractivity contribution < 1.29 is 0 Å². The van der Waals surface area contributed by atoms with Crippen LogP contribution in [0.5, 0.6) is 0 Å². The number of benzene rings is 1. The second-order valence-corrected chi connectivity index (χ2v) is 6.74. The monoisotopic (exact) mass is 301 g/mol. The van der Waals surface area contributed by atoms with Gasteiger partial charge >= 0.3 is 0 Å². The van der Waals surface area contributed by atoms with E-state index < -0.39 is 0 Å². The molecule has 2 aromatic rings. The third-order valence-electron chi connectivity index (χ3n) is 4.25. The van der Waals surface area contributed by atoms with E-state index in [-0.39, 0.29) is 0 Å². The lowest BCUT2D eigenvalue weighted by Gasteiger charge is -2.31. The van der Waals surface area contributed by atoms with E-state index in [2.05, 4.69) is 54.6 Å². The maximum absolute atomic E-state index is 4.91. The quantitative estimate of drug-likeness (QED) is 0.942. The van der Waals surface area contributed by atoms with Crippen molar-refractivity contribution in [2.75, 3.05) is 26.2 Å². The molecule has 1 atom stereocenters. The van der Waals surface area contributed by atoms with Crippen molar-refractivity contribution in [2.24, 2.45) is 0 Å². The Hall–Kier alpha value is -1.23. The molecule has 0 radical (unpaired) electrons. The average Bonchev–Trinajstić information content (AvgIpc) is 2.99. The molecule has 1 unspecified atom stereocenters. The van der Waals surface area contributed by atoms with Gasteiger partial charge in [-0.15, -0.1) is 11.3 Å². The molecule has 1 saturated heterocycles. The van der Waals surface area contributed by atoms with Gasteiger partial charge in [0.15, 0.2) is 0 Å². The van der Waals surface area contributed by atoms with E-state index in [9.17, 15) is 0 Å². The van der Waals surface area contributed by atoms with E-state index in [0.717, 1.165) is 31.9 Å². The molecule has 21 heavy (non-hydrogen) atoms. The number of aromatic nitrogens is 1. The van der Waals surface area contributed by atoms with Crippen molar-refractivity contribution in [1.82, 2.24) is 15.2 Å². The summed E-state index contributed by atoms with van der Waals surface area (Å²) in [5.41, 5.74) is 4.98. The van der Waals surface area contributed by atoms with Gasteiger partial charge in [-0.2, -0.15) is 0 Å². The third kappa shape index (κ3) is 3.18. The van der Waals surface area contributed by atoms with Gasteiger partial charge in [-0.1, -0.05) is 17.7 Å². The predicted molar refractivity (Wildman–Crippen MR) is 89.9 cm³/mol. The molecule has 3 nitrogen and oxygen atoms in total. The lowest BCUT2D eigenvalue weighted by atomic mass is 10.0. The number of thiazole rings is 1. The number of hydrogen-bond acceptors (Lipinski definition) is 4. The van der Waals surface area contributed by atoms with Crippen LogP contribution in [0.3, 0.4) is 0 Å². The van der Waals surface area contributed by atoms with Gasteiger partial charge in [-0.3, -0.25) is 4.90 Å². The Kier molecular flexibility index (Phi) is 4.38. The Labute approximate surface area is 131 Å². The second kappa shape index (κ2) is 6.26. The van der Waals surface area contributed by atoms with E-state index in [1.165, 1.54) is 21.7 Å². The number of aryl methyl sites for hydroxylation is 2. The lowest BCUT2D eigenvalue weighted by molar-refractivity contribution is 0.185. The summed E-state index contributed by atoms with van der Waals surface area (Å²) in [6, 6.07) is 7.00. The molecule has 1 aromatic heterocycles. The minimum Gasteiger partial charge on any atom is -0.314 e. The topological polar surface area (TPSA) is 28.2 Å². The maximum atomic E-state index is 4.91. The van der Waals surface area contributed by atoms with Gasteiger partial charge in [0, 0.05) is 37.1 Å². The number of piperazine rings is 1. The van der Waals surface area contributed by atoms with Crippen molar-refractivity contribution in [3.63, 3.8) is 0 Å². The molecule has 2 heterocycles. The number of nitrogens with one attached hydrogen (secondary N) is 1. The fraction of sp³-hybridized carbons (Fsp3) is 0.471. The fourth-order valence-corrected chi connectivity index (χ4v) is 3.75. The van der Waals surface area contributed by atoms with Gasteiger partial charge in [-0.25, -0.2) is 4.98 Å². The van der Waals surface area contributed by atoms with Crippen LogP contribution in [0.2, 0.25) is 0 Å². The second-order valence-electron chi connectivity index (χ2n) is 5.85. The SMILES string of the molecule is Cc1ccc(C)c(-c2csc(C(C)N3CCNCC3)n2)c1. The highest BCUT2D eigenvalue weighted by atomic mass is 32.1. The first-order valence-corrected chi connectivity index (χ1v) is 8.51. The van der Waals surface area contributed by atoms with Crippen molar-refractivity contribution in [3.05, 3.63) is 39.7 Å². The van der Waals surface area contributed by atoms with Crippen molar-refractivity contribution >= 4 is 11.3 Å². The Balaban J connectivity index is 1.84. The Bertz CT molecular complexity index is 614. The van der Waals surface area contributed by atoms with E-state index in [0.29, 0.717) is 6.04 Å². The molecule has 0 aliphatic carbocycles. The highest BCUT2D eigenvalue weighted by molar-refractivity contribution is 7.10. The predicted octanol–water partition coefficient (Wildman–Crippen LogP) is 3.39. The molecule has 0 saturated carbocycles. The van der Waals surface area contributed by atoms with Crippen LogP contribution in [0.25, 0.3) is 11.3 Å². The van der Waals surface area contributed by atoms with E-state index in [1.807, 2.05) is 0 Å². The zero-order valence-electron chi connectivity index (χ0n) is 13.0. The smallest absolute Gasteiger partial charge is 0.110 e. The number of hydrogen-bond donors (Lipinski definition) is 1. The molecule has 1 aliphatic rings. The summed E-state index contributed by atoms with van der Waals surface area (Å²) in [5.74, 6) is 0. The molecule has 1 fully saturated rings. The molecule has 1 aromatic carbocycles. The summed E-state index contributed by atoms with van der Waals surface area (Å²) in [6.45, 7) is 11.0. The molecular formula is C17H23N3S. The molecule has 3 rings (SSSR count). The summed E-state index contributed by atoms with van der Waals surface area (Å²) in [4.78, 5) is 7.43. The van der Waals surface area contributed by atoms with Crippen LogP contribution in [0.4, 0.5) is 0 Å². The number of rotatable bonds is 3. The first-order valence-electron chi connectivity index (χ1n) is 7.63. The zero-order chi connectivity index (χ0) is 14.8. The third-order valence-corrected chi connectivity index (χ3v) is 5.26. The van der Waals surface area contributed by atoms with E-state index in [1.54, 1.807) is 11.3 Å². The van der Waals surface area contributed by atoms with Crippen molar-refractivity contribution in [1.29, 1.82) is 0 Å². The standard InChI is InChI=1S/C17H23N3S/c1-12-4-5-13(2)15(10-12)16-11-21-17(19-16)14(3)20-8-6-18-7-9-20/h4-5,10-11,14,18H,6-9H2,1-3H3. The van der Waals surface area contributed by atoms with Crippen molar-refractivity contribution in [3.8, 4) is 11.3 Å². The summed E-state index contributed by atoms with van der Waals surface area (Å²) < 4.78 is 0. The average molecular weight is 301 g/mol. The molecule has 1 aliphatic heterocycles. The first kappa shape index (κ1) is 14.7. The molecular weight excluding hydrogens is 278 g/mol. The molecule has 0 bridgehead atoms. The first-order chi connectivity index (χ1) is 10.1. The fourth-order valence-electron chi connectivity index (χ4n) is 2.84. The minimum atomic E-state index is 0.413. The van der Waals surface area contributed by atoms with Crippen molar-refractivity contribution in [2.45, 2.75) is 26.8 Å². The highest BCUT2D eigenvalue weighted by Gasteiger charge is 2.21. The van der Waals surface area contributed by atoms with E-state index in [4.69, 9.17) is 4.98 Å². The number of nitrogens with zero attached hydrogens (tertiary/aromatic N) is 2. The molecule has 0 amide bonds. The van der Waals surface area contributed by atoms with Crippen LogP contribution < -0.4 is 5.32 Å². The lowest BCUT2D eigenvalue weighted by Crippen LogP contribution is -2.44. The molecule has 0 spiro atoms. The van der Waals surface area contributed by atoms with Gasteiger partial charge in [0.25, 0.3) is 0 Å². The summed E-state index contributed by atoms with van der Waals surface area (Å²) in [6.07, 6.45) is 0. The summed E-state index contributed by atoms with van der Waals surface area (Å²) in [5, 5.41) is 6.84. The van der Waals surface area contributed by atoms with Crippen LogP contribution in [-0.2, 0) is 0 Å². The van der Waals surface area contributed by atoms with Gasteiger partial charge in [0.2, 0.25) is 0 Å². The molecule has 112 valence electrons.